The van der Waals surface area contributed by atoms with E-state index in [0.717, 1.165) is 40.3 Å². The first kappa shape index (κ1) is 27.7. The Morgan fingerprint density at radius 2 is 1.51 bits per heavy atom. The second-order valence-corrected chi connectivity index (χ2v) is 10.2. The number of amides is 2. The first-order valence-electron chi connectivity index (χ1n) is 13.2. The number of aromatic hydroxyl groups is 1. The Kier molecular flexibility index (Phi) is 8.86. The van der Waals surface area contributed by atoms with E-state index in [1.807, 2.05) is 32.0 Å². The number of hydroxylamine groups is 2. The third-order valence-electron chi connectivity index (χ3n) is 6.85. The van der Waals surface area contributed by atoms with Gasteiger partial charge in [-0.25, -0.2) is 4.79 Å². The molecule has 0 aromatic heterocycles. The van der Waals surface area contributed by atoms with Crippen LogP contribution in [0.15, 0.2) is 66.7 Å². The minimum atomic E-state index is -1.26. The van der Waals surface area contributed by atoms with E-state index in [1.165, 1.54) is 12.1 Å². The number of benzene rings is 3. The van der Waals surface area contributed by atoms with Crippen LogP contribution < -0.4 is 10.2 Å². The quantitative estimate of drug-likeness (QED) is 0.310. The van der Waals surface area contributed by atoms with Crippen molar-refractivity contribution in [3.05, 3.63) is 89.0 Å². The molecule has 1 aliphatic carbocycles. The van der Waals surface area contributed by atoms with Crippen molar-refractivity contribution < 1.29 is 29.4 Å². The van der Waals surface area contributed by atoms with Gasteiger partial charge in [-0.15, -0.1) is 0 Å². The summed E-state index contributed by atoms with van der Waals surface area (Å²) < 4.78 is 0. The van der Waals surface area contributed by atoms with Gasteiger partial charge in [-0.1, -0.05) is 43.2 Å². The van der Waals surface area contributed by atoms with Crippen LogP contribution in [0.25, 0.3) is 0 Å². The van der Waals surface area contributed by atoms with Crippen LogP contribution in [0, 0.1) is 19.8 Å². The topological polar surface area (TPSA) is 116 Å². The number of nitrogens with one attached hydrogen (secondary N) is 1. The second kappa shape index (κ2) is 12.5. The molecule has 8 nitrogen and oxygen atoms in total. The zero-order valence-corrected chi connectivity index (χ0v) is 22.2. The van der Waals surface area contributed by atoms with Gasteiger partial charge in [0.05, 0.1) is 6.42 Å². The highest BCUT2D eigenvalue weighted by Gasteiger charge is 2.37. The summed E-state index contributed by atoms with van der Waals surface area (Å²) in [5, 5.41) is 23.5. The highest BCUT2D eigenvalue weighted by molar-refractivity contribution is 5.92. The third kappa shape index (κ3) is 7.60. The Bertz CT molecular complexity index is 1290. The number of phenols is 1. The Balaban J connectivity index is 1.48. The van der Waals surface area contributed by atoms with Gasteiger partial charge in [0.15, 0.2) is 11.8 Å². The number of phenolic OH excluding ortho intramolecular Hbond substituents is 1. The highest BCUT2D eigenvalue weighted by Crippen LogP contribution is 2.29. The first-order valence-corrected chi connectivity index (χ1v) is 13.2. The van der Waals surface area contributed by atoms with E-state index in [0.29, 0.717) is 24.2 Å². The molecule has 0 spiro atoms. The number of nitrogens with zero attached hydrogens (tertiary/aromatic N) is 1. The third-order valence-corrected chi connectivity index (χ3v) is 6.85. The standard InChI is InChI=1S/C31H34N2O6/c1-20-15-21(2)17-25(16-20)32-29(35)19-23-9-13-27(14-10-23)39-33(30(36)24-5-3-4-6-24)28(31(37)38)18-22-7-11-26(34)12-8-22/h7-17,24,28,34H,3-6,18-19H2,1-2H3,(H,32,35)(H,37,38)/t28-/m0/s1. The van der Waals surface area contributed by atoms with Crippen molar-refractivity contribution in [2.75, 3.05) is 5.32 Å². The number of hydrogen-bond acceptors (Lipinski definition) is 5. The zero-order chi connectivity index (χ0) is 27.9. The number of carbonyl (C=O) groups is 3. The molecule has 3 aromatic carbocycles. The minimum absolute atomic E-state index is 0.0186. The summed E-state index contributed by atoms with van der Waals surface area (Å²) in [6, 6.07) is 17.5. The molecule has 0 heterocycles. The van der Waals surface area contributed by atoms with Crippen molar-refractivity contribution in [1.29, 1.82) is 0 Å². The number of rotatable bonds is 10. The summed E-state index contributed by atoms with van der Waals surface area (Å²) in [4.78, 5) is 44.3. The molecule has 0 saturated heterocycles. The lowest BCUT2D eigenvalue weighted by molar-refractivity contribution is -0.180. The molecular weight excluding hydrogens is 496 g/mol. The van der Waals surface area contributed by atoms with Crippen LogP contribution in [0.1, 0.15) is 47.9 Å². The fourth-order valence-electron chi connectivity index (χ4n) is 4.96. The lowest BCUT2D eigenvalue weighted by Gasteiger charge is -2.30. The molecule has 0 radical (unpaired) electrons. The van der Waals surface area contributed by atoms with Crippen molar-refractivity contribution in [2.45, 2.75) is 58.4 Å². The van der Waals surface area contributed by atoms with Crippen LogP contribution in [0.3, 0.4) is 0 Å². The molecule has 3 N–H and O–H groups in total. The molecule has 0 bridgehead atoms. The Labute approximate surface area is 228 Å². The molecule has 1 aliphatic rings. The molecule has 1 fully saturated rings. The largest absolute Gasteiger partial charge is 0.508 e. The highest BCUT2D eigenvalue weighted by atomic mass is 16.7. The number of aliphatic carboxylic acids is 1. The predicted octanol–water partition coefficient (Wildman–Crippen LogP) is 5.20. The zero-order valence-electron chi connectivity index (χ0n) is 22.2. The molecule has 39 heavy (non-hydrogen) atoms. The van der Waals surface area contributed by atoms with Crippen LogP contribution in [0.5, 0.6) is 11.5 Å². The number of carboxylic acids is 1. The number of aryl methyl sites for hydroxylation is 2. The van der Waals surface area contributed by atoms with Crippen LogP contribution in [0.2, 0.25) is 0 Å². The number of anilines is 1. The number of hydrogen-bond donors (Lipinski definition) is 3. The van der Waals surface area contributed by atoms with Gasteiger partial charge in [0.1, 0.15) is 5.75 Å². The average Bonchev–Trinajstić information content (AvgIpc) is 3.42. The van der Waals surface area contributed by atoms with Crippen LogP contribution in [-0.4, -0.2) is 39.1 Å². The van der Waals surface area contributed by atoms with Crippen molar-refractivity contribution in [2.24, 2.45) is 5.92 Å². The molecule has 3 aromatic rings. The fourth-order valence-corrected chi connectivity index (χ4v) is 4.96. The number of carbonyl (C=O) groups excluding carboxylic acids is 2. The smallest absolute Gasteiger partial charge is 0.330 e. The maximum Gasteiger partial charge on any atom is 0.330 e. The van der Waals surface area contributed by atoms with Crippen molar-refractivity contribution in [3.8, 4) is 11.5 Å². The van der Waals surface area contributed by atoms with Crippen molar-refractivity contribution >= 4 is 23.5 Å². The van der Waals surface area contributed by atoms with Gasteiger partial charge in [0.25, 0.3) is 5.91 Å². The lowest BCUT2D eigenvalue weighted by Crippen LogP contribution is -2.50. The van der Waals surface area contributed by atoms with Gasteiger partial charge in [0, 0.05) is 18.0 Å². The van der Waals surface area contributed by atoms with E-state index in [-0.39, 0.29) is 36.3 Å². The summed E-state index contributed by atoms with van der Waals surface area (Å²) in [6.45, 7) is 3.95. The monoisotopic (exact) mass is 530 g/mol. The summed E-state index contributed by atoms with van der Waals surface area (Å²) >= 11 is 0. The average molecular weight is 531 g/mol. The van der Waals surface area contributed by atoms with Gasteiger partial charge in [0.2, 0.25) is 5.91 Å². The van der Waals surface area contributed by atoms with E-state index in [2.05, 4.69) is 5.32 Å². The summed E-state index contributed by atoms with van der Waals surface area (Å²) in [5.41, 5.74) is 4.27. The van der Waals surface area contributed by atoms with E-state index < -0.39 is 12.0 Å². The molecule has 0 unspecified atom stereocenters. The molecule has 8 heteroatoms. The van der Waals surface area contributed by atoms with Crippen molar-refractivity contribution in [1.82, 2.24) is 5.06 Å². The lowest BCUT2D eigenvalue weighted by atomic mass is 10.0. The number of carboxylic acid groups (broad SMARTS) is 1. The summed E-state index contributed by atoms with van der Waals surface area (Å²) in [5.74, 6) is -1.61. The maximum absolute atomic E-state index is 13.4. The molecule has 1 saturated carbocycles. The Morgan fingerprint density at radius 3 is 2.10 bits per heavy atom. The van der Waals surface area contributed by atoms with E-state index >= 15 is 0 Å². The van der Waals surface area contributed by atoms with Gasteiger partial charge >= 0.3 is 5.97 Å². The van der Waals surface area contributed by atoms with Crippen LogP contribution >= 0.6 is 0 Å². The SMILES string of the molecule is Cc1cc(C)cc(NC(=O)Cc2ccc(ON(C(=O)C3CCCC3)[C@@H](Cc3ccc(O)cc3)C(=O)O)cc2)c1. The molecule has 0 aliphatic heterocycles. The van der Waals surface area contributed by atoms with Gasteiger partial charge in [-0.05, 0) is 85.3 Å². The molecule has 4 rings (SSSR count). The van der Waals surface area contributed by atoms with E-state index in [1.54, 1.807) is 36.4 Å². The molecule has 204 valence electrons. The normalized spacial score (nSPS) is 14.0. The minimum Gasteiger partial charge on any atom is -0.508 e. The Hall–Kier alpha value is -4.33. The van der Waals surface area contributed by atoms with Gasteiger partial charge in [-0.3, -0.25) is 9.59 Å². The van der Waals surface area contributed by atoms with Gasteiger partial charge < -0.3 is 20.4 Å². The van der Waals surface area contributed by atoms with Crippen LogP contribution in [0.4, 0.5) is 5.69 Å². The summed E-state index contributed by atoms with van der Waals surface area (Å²) in [7, 11) is 0. The van der Waals surface area contributed by atoms with Crippen LogP contribution in [-0.2, 0) is 27.2 Å². The second-order valence-electron chi connectivity index (χ2n) is 10.2. The molecule has 2 amide bonds. The maximum atomic E-state index is 13.4. The van der Waals surface area contributed by atoms with Gasteiger partial charge in [-0.2, -0.15) is 5.06 Å². The fraction of sp³-hybridized carbons (Fsp3) is 0.323. The first-order chi connectivity index (χ1) is 18.7. The van der Waals surface area contributed by atoms with E-state index in [9.17, 15) is 24.6 Å². The molecule has 1 atom stereocenters. The Morgan fingerprint density at radius 1 is 0.923 bits per heavy atom. The predicted molar refractivity (Wildman–Crippen MR) is 147 cm³/mol. The molecular formula is C31H34N2O6. The van der Waals surface area contributed by atoms with E-state index in [4.69, 9.17) is 4.84 Å². The van der Waals surface area contributed by atoms with Crippen molar-refractivity contribution in [3.63, 3.8) is 0 Å². The summed E-state index contributed by atoms with van der Waals surface area (Å²) in [6.07, 6.45) is 3.39.